The summed E-state index contributed by atoms with van der Waals surface area (Å²) in [7, 11) is 0. The number of rotatable bonds is 10. The van der Waals surface area contributed by atoms with Gasteiger partial charge in [-0.05, 0) is 47.2 Å². The van der Waals surface area contributed by atoms with Crippen LogP contribution in [0.4, 0.5) is 4.79 Å². The summed E-state index contributed by atoms with van der Waals surface area (Å²) in [6, 6.07) is 23.5. The highest BCUT2D eigenvalue weighted by Crippen LogP contribution is 2.44. The van der Waals surface area contributed by atoms with E-state index in [2.05, 4.69) is 41.4 Å². The minimum atomic E-state index is -1.00. The average Bonchev–Trinajstić information content (AvgIpc) is 3.25. The number of fused-ring (bicyclic) bond motifs is 3. The van der Waals surface area contributed by atoms with Crippen molar-refractivity contribution in [1.82, 2.24) is 5.32 Å². The van der Waals surface area contributed by atoms with Crippen LogP contribution in [0, 0.1) is 11.8 Å². The topological polar surface area (TPSA) is 75.6 Å². The van der Waals surface area contributed by atoms with Crippen molar-refractivity contribution in [2.45, 2.75) is 57.5 Å². The lowest BCUT2D eigenvalue weighted by Crippen LogP contribution is -2.28. The molecule has 3 aromatic rings. The smallest absolute Gasteiger partial charge is 0.407 e. The van der Waals surface area contributed by atoms with E-state index >= 15 is 0 Å². The van der Waals surface area contributed by atoms with Crippen LogP contribution in [0.3, 0.4) is 0 Å². The number of benzene rings is 3. The summed E-state index contributed by atoms with van der Waals surface area (Å²) in [5.74, 6) is 5.95. The van der Waals surface area contributed by atoms with Crippen molar-refractivity contribution in [3.63, 3.8) is 0 Å². The molecule has 0 saturated carbocycles. The van der Waals surface area contributed by atoms with Gasteiger partial charge in [-0.1, -0.05) is 99.2 Å². The molecule has 1 aliphatic carbocycles. The van der Waals surface area contributed by atoms with Crippen molar-refractivity contribution in [3.8, 4) is 23.0 Å². The molecule has 0 radical (unpaired) electrons. The number of carbonyl (C=O) groups is 2. The lowest BCUT2D eigenvalue weighted by Gasteiger charge is -2.20. The highest BCUT2D eigenvalue weighted by Gasteiger charge is 2.29. The van der Waals surface area contributed by atoms with Gasteiger partial charge in [0.05, 0.1) is 0 Å². The maximum absolute atomic E-state index is 12.7. The van der Waals surface area contributed by atoms with Crippen molar-refractivity contribution in [3.05, 3.63) is 95.1 Å². The summed E-state index contributed by atoms with van der Waals surface area (Å²) in [5.41, 5.74) is 4.87. The van der Waals surface area contributed by atoms with Gasteiger partial charge < -0.3 is 15.2 Å². The highest BCUT2D eigenvalue weighted by molar-refractivity contribution is 5.96. The summed E-state index contributed by atoms with van der Waals surface area (Å²) in [6.45, 7) is 4.46. The first-order valence-electron chi connectivity index (χ1n) is 13.4. The largest absolute Gasteiger partial charge is 0.449 e. The van der Waals surface area contributed by atoms with Gasteiger partial charge in [0.2, 0.25) is 0 Å². The third-order valence-electron chi connectivity index (χ3n) is 6.92. The third kappa shape index (κ3) is 6.51. The SMILES string of the molecule is CCCC(O)(C#Cc1cccc(C(=O)CCNC(=O)OCC2c3ccccc3-c3ccccc32)c1)CCC. The molecule has 0 atom stereocenters. The first kappa shape index (κ1) is 27.2. The fourth-order valence-corrected chi connectivity index (χ4v) is 5.11. The Morgan fingerprint density at radius 3 is 2.18 bits per heavy atom. The quantitative estimate of drug-likeness (QED) is 0.242. The van der Waals surface area contributed by atoms with E-state index in [1.807, 2.05) is 44.2 Å². The van der Waals surface area contributed by atoms with Gasteiger partial charge in [-0.2, -0.15) is 0 Å². The zero-order valence-electron chi connectivity index (χ0n) is 22.1. The Morgan fingerprint density at radius 2 is 1.55 bits per heavy atom. The van der Waals surface area contributed by atoms with Crippen LogP contribution in [0.15, 0.2) is 72.8 Å². The minimum absolute atomic E-state index is 0.00839. The van der Waals surface area contributed by atoms with Crippen LogP contribution in [-0.2, 0) is 4.74 Å². The zero-order valence-corrected chi connectivity index (χ0v) is 22.1. The lowest BCUT2D eigenvalue weighted by molar-refractivity contribution is 0.0807. The Balaban J connectivity index is 1.29. The molecule has 4 rings (SSSR count). The summed E-state index contributed by atoms with van der Waals surface area (Å²) in [6.07, 6.45) is 2.55. The van der Waals surface area contributed by atoms with E-state index in [-0.39, 0.29) is 31.3 Å². The van der Waals surface area contributed by atoms with E-state index in [0.29, 0.717) is 24.0 Å². The number of hydrogen-bond acceptors (Lipinski definition) is 4. The first-order valence-corrected chi connectivity index (χ1v) is 13.4. The lowest BCUT2D eigenvalue weighted by atomic mass is 9.93. The summed E-state index contributed by atoms with van der Waals surface area (Å²) < 4.78 is 5.55. The molecule has 0 aliphatic heterocycles. The summed E-state index contributed by atoms with van der Waals surface area (Å²) >= 11 is 0. The van der Waals surface area contributed by atoms with Crippen LogP contribution in [0.1, 0.15) is 78.9 Å². The average molecular weight is 510 g/mol. The predicted molar refractivity (Wildman–Crippen MR) is 150 cm³/mol. The number of hydrogen-bond donors (Lipinski definition) is 2. The van der Waals surface area contributed by atoms with Crippen LogP contribution in [0.2, 0.25) is 0 Å². The van der Waals surface area contributed by atoms with Crippen molar-refractivity contribution in [2.24, 2.45) is 0 Å². The van der Waals surface area contributed by atoms with Crippen LogP contribution in [0.25, 0.3) is 11.1 Å². The Labute approximate surface area is 225 Å². The molecule has 0 heterocycles. The van der Waals surface area contributed by atoms with Crippen molar-refractivity contribution in [2.75, 3.05) is 13.2 Å². The fraction of sp³-hybridized carbons (Fsp3) is 0.333. The second kappa shape index (κ2) is 12.6. The molecule has 0 fully saturated rings. The molecule has 0 unspecified atom stereocenters. The van der Waals surface area contributed by atoms with E-state index in [9.17, 15) is 14.7 Å². The molecule has 1 amide bonds. The highest BCUT2D eigenvalue weighted by atomic mass is 16.5. The monoisotopic (exact) mass is 509 g/mol. The normalized spacial score (nSPS) is 12.2. The van der Waals surface area contributed by atoms with Gasteiger partial charge in [0.1, 0.15) is 12.2 Å². The second-order valence-electron chi connectivity index (χ2n) is 9.79. The van der Waals surface area contributed by atoms with Crippen LogP contribution < -0.4 is 5.32 Å². The maximum atomic E-state index is 12.7. The standard InChI is InChI=1S/C33H35NO4/c1-3-18-33(37,19-4-2)20-16-24-10-9-11-25(22-24)31(35)17-21-34-32(36)38-23-30-28-14-7-5-12-26(28)27-13-6-8-15-29(27)30/h5-15,22,30,37H,3-4,17-19,21,23H2,1-2H3,(H,34,36). The summed E-state index contributed by atoms with van der Waals surface area (Å²) in [5, 5.41) is 13.4. The van der Waals surface area contributed by atoms with Gasteiger partial charge in [0.25, 0.3) is 0 Å². The van der Waals surface area contributed by atoms with Gasteiger partial charge in [0, 0.05) is 30.0 Å². The number of ether oxygens (including phenoxy) is 1. The van der Waals surface area contributed by atoms with E-state index in [4.69, 9.17) is 4.74 Å². The van der Waals surface area contributed by atoms with Gasteiger partial charge in [-0.15, -0.1) is 0 Å². The molecule has 5 heteroatoms. The Morgan fingerprint density at radius 1 is 0.921 bits per heavy atom. The number of aliphatic hydroxyl groups is 1. The first-order chi connectivity index (χ1) is 18.4. The molecule has 0 aromatic heterocycles. The molecule has 1 aliphatic rings. The molecule has 0 bridgehead atoms. The molecule has 2 N–H and O–H groups in total. The Hall–Kier alpha value is -3.88. The van der Waals surface area contributed by atoms with Gasteiger partial charge in [-0.3, -0.25) is 4.79 Å². The van der Waals surface area contributed by atoms with Crippen LogP contribution >= 0.6 is 0 Å². The number of amides is 1. The van der Waals surface area contributed by atoms with Crippen molar-refractivity contribution in [1.29, 1.82) is 0 Å². The van der Waals surface area contributed by atoms with E-state index in [1.54, 1.807) is 18.2 Å². The zero-order chi connectivity index (χ0) is 27.0. The van der Waals surface area contributed by atoms with Crippen molar-refractivity contribution >= 4 is 11.9 Å². The molecular formula is C33H35NO4. The molecular weight excluding hydrogens is 474 g/mol. The van der Waals surface area contributed by atoms with Gasteiger partial charge in [-0.25, -0.2) is 4.79 Å². The van der Waals surface area contributed by atoms with Gasteiger partial charge in [0.15, 0.2) is 5.78 Å². The van der Waals surface area contributed by atoms with E-state index in [0.717, 1.165) is 24.0 Å². The third-order valence-corrected chi connectivity index (χ3v) is 6.92. The molecule has 3 aromatic carbocycles. The maximum Gasteiger partial charge on any atom is 0.407 e. The number of alkyl carbamates (subject to hydrolysis) is 1. The predicted octanol–water partition coefficient (Wildman–Crippen LogP) is 6.48. The van der Waals surface area contributed by atoms with E-state index < -0.39 is 11.7 Å². The molecule has 0 spiro atoms. The molecule has 0 saturated heterocycles. The van der Waals surface area contributed by atoms with Crippen LogP contribution in [0.5, 0.6) is 0 Å². The fourth-order valence-electron chi connectivity index (χ4n) is 5.11. The van der Waals surface area contributed by atoms with Gasteiger partial charge >= 0.3 is 6.09 Å². The molecule has 38 heavy (non-hydrogen) atoms. The Bertz CT molecular complexity index is 1300. The summed E-state index contributed by atoms with van der Waals surface area (Å²) in [4.78, 5) is 25.1. The number of ketones is 1. The molecule has 196 valence electrons. The van der Waals surface area contributed by atoms with Crippen molar-refractivity contribution < 1.29 is 19.4 Å². The molecule has 5 nitrogen and oxygen atoms in total. The minimum Gasteiger partial charge on any atom is -0.449 e. The second-order valence-corrected chi connectivity index (χ2v) is 9.79. The number of Topliss-reactive ketones (excluding diaryl/α,β-unsaturated/α-hetero) is 1. The number of nitrogens with one attached hydrogen (secondary N) is 1. The van der Waals surface area contributed by atoms with E-state index in [1.165, 1.54) is 11.1 Å². The van der Waals surface area contributed by atoms with Crippen LogP contribution in [-0.4, -0.2) is 35.7 Å². The number of carbonyl (C=O) groups excluding carboxylic acids is 2. The Kier molecular flexibility index (Phi) is 8.99.